The minimum absolute atomic E-state index is 0.00245. The van der Waals surface area contributed by atoms with E-state index in [-0.39, 0.29) is 17.3 Å². The molecule has 0 saturated carbocycles. The minimum atomic E-state index is -0.312. The van der Waals surface area contributed by atoms with Crippen LogP contribution in [-0.4, -0.2) is 34.2 Å². The van der Waals surface area contributed by atoms with E-state index in [0.717, 1.165) is 32.4 Å². The van der Waals surface area contributed by atoms with Gasteiger partial charge in [-0.2, -0.15) is 5.10 Å². The maximum atomic E-state index is 12.3. The molecule has 1 atom stereocenters. The van der Waals surface area contributed by atoms with E-state index in [2.05, 4.69) is 32.7 Å². The van der Waals surface area contributed by atoms with Crippen LogP contribution in [-0.2, 0) is 4.79 Å². The molecule has 17 heavy (non-hydrogen) atoms. The average Bonchev–Trinajstić information content (AvgIpc) is 2.81. The molecule has 92 valence electrons. The molecule has 1 saturated heterocycles. The number of amides is 1. The highest BCUT2D eigenvalue weighted by Crippen LogP contribution is 2.32. The van der Waals surface area contributed by atoms with E-state index in [0.29, 0.717) is 0 Å². The van der Waals surface area contributed by atoms with Crippen LogP contribution < -0.4 is 10.6 Å². The zero-order valence-corrected chi connectivity index (χ0v) is 9.94. The summed E-state index contributed by atoms with van der Waals surface area (Å²) in [5.41, 5.74) is -0.312. The van der Waals surface area contributed by atoms with Crippen LogP contribution in [0.25, 0.3) is 0 Å². The van der Waals surface area contributed by atoms with Crippen LogP contribution in [0, 0.1) is 5.41 Å². The molecular weight excluding hydrogens is 218 g/mol. The van der Waals surface area contributed by atoms with E-state index in [1.165, 1.54) is 12.4 Å². The van der Waals surface area contributed by atoms with Gasteiger partial charge < -0.3 is 5.32 Å². The molecule has 1 fully saturated rings. The summed E-state index contributed by atoms with van der Waals surface area (Å²) in [4.78, 5) is 16.2. The first kappa shape index (κ1) is 11.9. The molecule has 0 aliphatic carbocycles. The van der Waals surface area contributed by atoms with Gasteiger partial charge in [-0.1, -0.05) is 13.3 Å². The number of nitrogens with one attached hydrogen (secondary N) is 2. The first-order valence-corrected chi connectivity index (χ1v) is 5.93. The van der Waals surface area contributed by atoms with Crippen LogP contribution in [0.15, 0.2) is 12.4 Å². The van der Waals surface area contributed by atoms with Crippen molar-refractivity contribution in [3.63, 3.8) is 0 Å². The molecule has 0 bridgehead atoms. The molecule has 0 radical (unpaired) electrons. The summed E-state index contributed by atoms with van der Waals surface area (Å²) in [7, 11) is 0. The van der Waals surface area contributed by atoms with Crippen molar-refractivity contribution in [1.82, 2.24) is 20.5 Å². The third-order valence-corrected chi connectivity index (χ3v) is 3.16. The van der Waals surface area contributed by atoms with Gasteiger partial charge in [-0.05, 0) is 19.4 Å². The lowest BCUT2D eigenvalue weighted by Crippen LogP contribution is -2.38. The molecule has 1 amide bonds. The van der Waals surface area contributed by atoms with E-state index in [1.54, 1.807) is 0 Å². The molecule has 1 aliphatic heterocycles. The fraction of sp³-hybridized carbons (Fsp3) is 0.636. The lowest BCUT2D eigenvalue weighted by molar-refractivity contribution is -0.125. The van der Waals surface area contributed by atoms with Crippen molar-refractivity contribution >= 4 is 11.9 Å². The van der Waals surface area contributed by atoms with E-state index >= 15 is 0 Å². The van der Waals surface area contributed by atoms with Gasteiger partial charge in [0.05, 0.1) is 17.8 Å². The third kappa shape index (κ3) is 2.58. The Kier molecular flexibility index (Phi) is 3.63. The maximum Gasteiger partial charge on any atom is 0.249 e. The first-order chi connectivity index (χ1) is 8.27. The van der Waals surface area contributed by atoms with E-state index in [1.807, 2.05) is 0 Å². The molecular formula is C11H17N5O. The van der Waals surface area contributed by atoms with Gasteiger partial charge >= 0.3 is 0 Å². The standard InChI is InChI=1S/C11H17N5O/c1-2-3-11(4-5-12-8-11)9(17)15-10-13-6-7-14-16-10/h6-7,12H,2-5,8H2,1H3,(H,13,15,16,17). The molecule has 1 aliphatic rings. The fourth-order valence-electron chi connectivity index (χ4n) is 2.28. The van der Waals surface area contributed by atoms with Crippen molar-refractivity contribution in [1.29, 1.82) is 0 Å². The quantitative estimate of drug-likeness (QED) is 0.798. The van der Waals surface area contributed by atoms with Gasteiger partial charge in [0, 0.05) is 6.54 Å². The van der Waals surface area contributed by atoms with Crippen molar-refractivity contribution in [2.24, 2.45) is 5.41 Å². The Morgan fingerprint density at radius 1 is 1.59 bits per heavy atom. The predicted octanol–water partition coefficient (Wildman–Crippen LogP) is 0.590. The van der Waals surface area contributed by atoms with E-state index in [4.69, 9.17) is 0 Å². The molecule has 2 rings (SSSR count). The van der Waals surface area contributed by atoms with Gasteiger partial charge in [0.1, 0.15) is 0 Å². The number of nitrogens with zero attached hydrogens (tertiary/aromatic N) is 3. The highest BCUT2D eigenvalue weighted by molar-refractivity contribution is 5.94. The Labute approximate surface area is 100 Å². The van der Waals surface area contributed by atoms with Gasteiger partial charge in [0.25, 0.3) is 0 Å². The Morgan fingerprint density at radius 2 is 2.47 bits per heavy atom. The first-order valence-electron chi connectivity index (χ1n) is 5.93. The molecule has 1 aromatic heterocycles. The Bertz CT molecular complexity index is 375. The lowest BCUT2D eigenvalue weighted by Gasteiger charge is -2.25. The maximum absolute atomic E-state index is 12.3. The summed E-state index contributed by atoms with van der Waals surface area (Å²) in [5, 5.41) is 13.5. The summed E-state index contributed by atoms with van der Waals surface area (Å²) >= 11 is 0. The van der Waals surface area contributed by atoms with Crippen molar-refractivity contribution in [3.8, 4) is 0 Å². The second-order valence-electron chi connectivity index (χ2n) is 4.38. The van der Waals surface area contributed by atoms with Gasteiger partial charge in [-0.25, -0.2) is 4.98 Å². The molecule has 0 aromatic carbocycles. The predicted molar refractivity (Wildman–Crippen MR) is 63.3 cm³/mol. The molecule has 0 spiro atoms. The minimum Gasteiger partial charge on any atom is -0.316 e. The Morgan fingerprint density at radius 3 is 3.06 bits per heavy atom. The number of anilines is 1. The van der Waals surface area contributed by atoms with Crippen LogP contribution in [0.1, 0.15) is 26.2 Å². The normalized spacial score (nSPS) is 23.6. The second kappa shape index (κ2) is 5.18. The molecule has 2 N–H and O–H groups in total. The average molecular weight is 235 g/mol. The van der Waals surface area contributed by atoms with Gasteiger partial charge in [0.15, 0.2) is 0 Å². The Balaban J connectivity index is 2.07. The third-order valence-electron chi connectivity index (χ3n) is 3.16. The molecule has 1 unspecified atom stereocenters. The van der Waals surface area contributed by atoms with Crippen molar-refractivity contribution in [3.05, 3.63) is 12.4 Å². The van der Waals surface area contributed by atoms with Crippen molar-refractivity contribution in [2.75, 3.05) is 18.4 Å². The lowest BCUT2D eigenvalue weighted by atomic mass is 9.81. The summed E-state index contributed by atoms with van der Waals surface area (Å²) < 4.78 is 0. The molecule has 1 aromatic rings. The molecule has 6 nitrogen and oxygen atoms in total. The highest BCUT2D eigenvalue weighted by atomic mass is 16.2. The zero-order chi connectivity index (χ0) is 12.1. The summed E-state index contributed by atoms with van der Waals surface area (Å²) in [6.07, 6.45) is 5.73. The van der Waals surface area contributed by atoms with Gasteiger partial charge in [-0.3, -0.25) is 10.1 Å². The number of hydrogen-bond acceptors (Lipinski definition) is 5. The number of hydrogen-bond donors (Lipinski definition) is 2. The van der Waals surface area contributed by atoms with Gasteiger partial charge in [-0.15, -0.1) is 5.10 Å². The number of carbonyl (C=O) groups excluding carboxylic acids is 1. The Hall–Kier alpha value is -1.56. The summed E-state index contributed by atoms with van der Waals surface area (Å²) in [6, 6.07) is 0. The monoisotopic (exact) mass is 235 g/mol. The second-order valence-corrected chi connectivity index (χ2v) is 4.38. The summed E-state index contributed by atoms with van der Waals surface area (Å²) in [5.74, 6) is 0.275. The number of carbonyl (C=O) groups is 1. The topological polar surface area (TPSA) is 79.8 Å². The van der Waals surface area contributed by atoms with Crippen LogP contribution in [0.5, 0.6) is 0 Å². The van der Waals surface area contributed by atoms with Crippen molar-refractivity contribution in [2.45, 2.75) is 26.2 Å². The highest BCUT2D eigenvalue weighted by Gasteiger charge is 2.40. The SMILES string of the molecule is CCCC1(C(=O)Nc2nccnn2)CCNC1. The van der Waals surface area contributed by atoms with Crippen LogP contribution >= 0.6 is 0 Å². The van der Waals surface area contributed by atoms with Crippen LogP contribution in [0.4, 0.5) is 5.95 Å². The van der Waals surface area contributed by atoms with E-state index < -0.39 is 0 Å². The fourth-order valence-corrected chi connectivity index (χ4v) is 2.28. The number of rotatable bonds is 4. The smallest absolute Gasteiger partial charge is 0.249 e. The van der Waals surface area contributed by atoms with Crippen molar-refractivity contribution < 1.29 is 4.79 Å². The summed E-state index contributed by atoms with van der Waals surface area (Å²) in [6.45, 7) is 3.71. The van der Waals surface area contributed by atoms with E-state index in [9.17, 15) is 4.79 Å². The molecule has 6 heteroatoms. The number of aromatic nitrogens is 3. The molecule has 2 heterocycles. The van der Waals surface area contributed by atoms with Gasteiger partial charge in [0.2, 0.25) is 11.9 Å². The zero-order valence-electron chi connectivity index (χ0n) is 9.94. The van der Waals surface area contributed by atoms with Crippen LogP contribution in [0.2, 0.25) is 0 Å². The largest absolute Gasteiger partial charge is 0.316 e. The van der Waals surface area contributed by atoms with Crippen LogP contribution in [0.3, 0.4) is 0 Å².